The number of nitrogens with two attached hydrogens (primary N) is 1. The van der Waals surface area contributed by atoms with Gasteiger partial charge in [0.25, 0.3) is 0 Å². The lowest BCUT2D eigenvalue weighted by molar-refractivity contribution is -0.122. The SMILES string of the molecule is NC(=O)C1CCCN1Cc1cccc(NC(=O)NCC2CC3c4ccccc4C2c2ccccc23)c1. The van der Waals surface area contributed by atoms with Crippen molar-refractivity contribution in [2.75, 3.05) is 18.4 Å². The number of urea groups is 1. The number of nitrogens with one attached hydrogen (secondary N) is 2. The predicted octanol–water partition coefficient (Wildman–Crippen LogP) is 4.56. The monoisotopic (exact) mass is 480 g/mol. The summed E-state index contributed by atoms with van der Waals surface area (Å²) in [5, 5.41) is 6.14. The molecule has 0 saturated carbocycles. The van der Waals surface area contributed by atoms with E-state index in [1.165, 1.54) is 22.3 Å². The molecule has 4 N–H and O–H groups in total. The van der Waals surface area contributed by atoms with Gasteiger partial charge in [-0.25, -0.2) is 4.79 Å². The first kappa shape index (κ1) is 22.8. The Hall–Kier alpha value is -3.64. The van der Waals surface area contributed by atoms with Gasteiger partial charge in [0.1, 0.15) is 0 Å². The number of fused-ring (bicyclic) bond motifs is 1. The predicted molar refractivity (Wildman–Crippen MR) is 141 cm³/mol. The molecular formula is C30H32N4O2. The maximum absolute atomic E-state index is 12.9. The summed E-state index contributed by atoms with van der Waals surface area (Å²) in [5.74, 6) is 0.800. The Morgan fingerprint density at radius 2 is 1.61 bits per heavy atom. The Morgan fingerprint density at radius 3 is 2.31 bits per heavy atom. The minimum atomic E-state index is -0.261. The second-order valence-electron chi connectivity index (χ2n) is 10.4. The first-order valence-corrected chi connectivity index (χ1v) is 12.9. The molecule has 3 amide bonds. The van der Waals surface area contributed by atoms with Crippen LogP contribution in [-0.4, -0.2) is 36.0 Å². The molecule has 6 nitrogen and oxygen atoms in total. The average Bonchev–Trinajstić information content (AvgIpc) is 3.36. The number of hydrogen-bond donors (Lipinski definition) is 3. The average molecular weight is 481 g/mol. The lowest BCUT2D eigenvalue weighted by Crippen LogP contribution is -2.40. The molecule has 1 fully saturated rings. The van der Waals surface area contributed by atoms with Crippen molar-refractivity contribution in [1.82, 2.24) is 10.2 Å². The molecular weight excluding hydrogens is 448 g/mol. The molecule has 1 heterocycles. The van der Waals surface area contributed by atoms with Crippen molar-refractivity contribution >= 4 is 17.6 Å². The highest BCUT2D eigenvalue weighted by Gasteiger charge is 2.42. The summed E-state index contributed by atoms with van der Waals surface area (Å²) >= 11 is 0. The van der Waals surface area contributed by atoms with E-state index in [1.807, 2.05) is 24.3 Å². The number of benzene rings is 3. The fourth-order valence-electron chi connectivity index (χ4n) is 6.68. The molecule has 3 aromatic rings. The smallest absolute Gasteiger partial charge is 0.319 e. The number of amides is 3. The highest BCUT2D eigenvalue weighted by molar-refractivity contribution is 5.89. The second-order valence-corrected chi connectivity index (χ2v) is 10.4. The van der Waals surface area contributed by atoms with Crippen LogP contribution < -0.4 is 16.4 Å². The van der Waals surface area contributed by atoms with Crippen molar-refractivity contribution in [3.05, 3.63) is 101 Å². The van der Waals surface area contributed by atoms with E-state index >= 15 is 0 Å². The van der Waals surface area contributed by atoms with E-state index in [9.17, 15) is 9.59 Å². The van der Waals surface area contributed by atoms with Crippen LogP contribution in [0.2, 0.25) is 0 Å². The Labute approximate surface area is 211 Å². The van der Waals surface area contributed by atoms with Crippen molar-refractivity contribution in [3.63, 3.8) is 0 Å². The fourth-order valence-corrected chi connectivity index (χ4v) is 6.68. The molecule has 6 heteroatoms. The largest absolute Gasteiger partial charge is 0.368 e. The summed E-state index contributed by atoms with van der Waals surface area (Å²) in [6.45, 7) is 2.14. The molecule has 184 valence electrons. The molecule has 7 rings (SSSR count). The van der Waals surface area contributed by atoms with Gasteiger partial charge in [-0.1, -0.05) is 60.7 Å². The molecule has 3 aromatic carbocycles. The summed E-state index contributed by atoms with van der Waals surface area (Å²) in [5.41, 5.74) is 13.1. The highest BCUT2D eigenvalue weighted by Crippen LogP contribution is 2.55. The highest BCUT2D eigenvalue weighted by atomic mass is 16.2. The van der Waals surface area contributed by atoms with Crippen LogP contribution in [0.1, 0.15) is 58.9 Å². The third-order valence-electron chi connectivity index (χ3n) is 8.21. The van der Waals surface area contributed by atoms with Crippen LogP contribution in [0.25, 0.3) is 0 Å². The summed E-state index contributed by atoms with van der Waals surface area (Å²) in [6.07, 6.45) is 2.84. The number of rotatable bonds is 6. The van der Waals surface area contributed by atoms with Gasteiger partial charge in [-0.05, 0) is 71.7 Å². The van der Waals surface area contributed by atoms with Gasteiger partial charge in [0.05, 0.1) is 6.04 Å². The molecule has 1 aliphatic heterocycles. The number of likely N-dealkylation sites (tertiary alicyclic amines) is 1. The van der Waals surface area contributed by atoms with Crippen LogP contribution in [0, 0.1) is 5.92 Å². The molecule has 3 aliphatic carbocycles. The number of hydrogen-bond acceptors (Lipinski definition) is 3. The van der Waals surface area contributed by atoms with E-state index in [0.29, 0.717) is 30.8 Å². The van der Waals surface area contributed by atoms with Crippen molar-refractivity contribution < 1.29 is 9.59 Å². The number of anilines is 1. The molecule has 0 spiro atoms. The van der Waals surface area contributed by atoms with Gasteiger partial charge in [0.15, 0.2) is 0 Å². The van der Waals surface area contributed by atoms with Gasteiger partial charge < -0.3 is 16.4 Å². The van der Waals surface area contributed by atoms with Crippen LogP contribution in [0.4, 0.5) is 10.5 Å². The molecule has 4 aliphatic rings. The molecule has 2 bridgehead atoms. The molecule has 0 radical (unpaired) electrons. The van der Waals surface area contributed by atoms with Gasteiger partial charge in [-0.15, -0.1) is 0 Å². The number of carbonyl (C=O) groups excluding carboxylic acids is 2. The molecule has 36 heavy (non-hydrogen) atoms. The topological polar surface area (TPSA) is 87.5 Å². The standard InChI is InChI=1S/C30H32N4O2/c31-29(35)27-13-6-14-34(27)18-19-7-5-8-21(15-19)33-30(36)32-17-20-16-26-22-9-1-3-11-24(22)28(20)25-12-4-2-10-23(25)26/h1-5,7-12,15,20,26-28H,6,13-14,16-18H2,(H2,31,35)(H2,32,33,36). The van der Waals surface area contributed by atoms with Crippen molar-refractivity contribution in [3.8, 4) is 0 Å². The molecule has 2 atom stereocenters. The second kappa shape index (κ2) is 9.43. The Balaban J connectivity index is 1.11. The van der Waals surface area contributed by atoms with Crippen LogP contribution in [0.5, 0.6) is 0 Å². The quantitative estimate of drug-likeness (QED) is 0.484. The first-order valence-electron chi connectivity index (χ1n) is 12.9. The zero-order valence-corrected chi connectivity index (χ0v) is 20.3. The van der Waals surface area contributed by atoms with E-state index in [4.69, 9.17) is 5.73 Å². The summed E-state index contributed by atoms with van der Waals surface area (Å²) in [4.78, 5) is 26.7. The number of primary amides is 1. The third kappa shape index (κ3) is 4.16. The van der Waals surface area contributed by atoms with Gasteiger partial charge >= 0.3 is 6.03 Å². The van der Waals surface area contributed by atoms with E-state index in [-0.39, 0.29) is 18.0 Å². The fraction of sp³-hybridized carbons (Fsp3) is 0.333. The van der Waals surface area contributed by atoms with Gasteiger partial charge in [-0.2, -0.15) is 0 Å². The zero-order valence-electron chi connectivity index (χ0n) is 20.3. The van der Waals surface area contributed by atoms with Gasteiger partial charge in [-0.3, -0.25) is 9.69 Å². The lowest BCUT2D eigenvalue weighted by Gasteiger charge is -2.45. The van der Waals surface area contributed by atoms with Crippen molar-refractivity contribution in [1.29, 1.82) is 0 Å². The van der Waals surface area contributed by atoms with E-state index in [2.05, 4.69) is 64.1 Å². The third-order valence-corrected chi connectivity index (χ3v) is 8.21. The van der Waals surface area contributed by atoms with E-state index in [0.717, 1.165) is 37.1 Å². The molecule has 0 aromatic heterocycles. The number of carbonyl (C=O) groups is 2. The minimum Gasteiger partial charge on any atom is -0.368 e. The van der Waals surface area contributed by atoms with Crippen LogP contribution in [0.3, 0.4) is 0 Å². The van der Waals surface area contributed by atoms with Crippen molar-refractivity contribution in [2.45, 2.75) is 43.7 Å². The zero-order chi connectivity index (χ0) is 24.6. The Kier molecular flexibility index (Phi) is 5.97. The normalized spacial score (nSPS) is 24.1. The Morgan fingerprint density at radius 1 is 0.917 bits per heavy atom. The molecule has 2 unspecified atom stereocenters. The first-order chi connectivity index (χ1) is 17.6. The summed E-state index contributed by atoms with van der Waals surface area (Å²) < 4.78 is 0. The van der Waals surface area contributed by atoms with E-state index < -0.39 is 0 Å². The van der Waals surface area contributed by atoms with E-state index in [1.54, 1.807) is 0 Å². The molecule has 1 saturated heterocycles. The number of nitrogens with zero attached hydrogens (tertiary/aromatic N) is 1. The van der Waals surface area contributed by atoms with Crippen molar-refractivity contribution in [2.24, 2.45) is 11.7 Å². The van der Waals surface area contributed by atoms with Crippen LogP contribution in [0.15, 0.2) is 72.8 Å². The van der Waals surface area contributed by atoms with Crippen LogP contribution in [-0.2, 0) is 11.3 Å². The van der Waals surface area contributed by atoms with Gasteiger partial charge in [0, 0.05) is 30.6 Å². The van der Waals surface area contributed by atoms with Crippen LogP contribution >= 0.6 is 0 Å². The van der Waals surface area contributed by atoms with Gasteiger partial charge in [0.2, 0.25) is 5.91 Å². The Bertz CT molecular complexity index is 1260. The minimum absolute atomic E-state index is 0.189. The summed E-state index contributed by atoms with van der Waals surface area (Å²) in [7, 11) is 0. The maximum Gasteiger partial charge on any atom is 0.319 e. The lowest BCUT2D eigenvalue weighted by atomic mass is 9.59. The maximum atomic E-state index is 12.9. The summed E-state index contributed by atoms with van der Waals surface area (Å²) in [6, 6.07) is 25.0.